The first-order valence-electron chi connectivity index (χ1n) is 7.21. The summed E-state index contributed by atoms with van der Waals surface area (Å²) in [5.41, 5.74) is 1.97. The third-order valence-corrected chi connectivity index (χ3v) is 4.05. The molecule has 1 aliphatic heterocycles. The number of carbonyl (C=O) groups excluding carboxylic acids is 1. The predicted molar refractivity (Wildman–Crippen MR) is 87.0 cm³/mol. The van der Waals surface area contributed by atoms with Gasteiger partial charge in [0.1, 0.15) is 0 Å². The topological polar surface area (TPSA) is 75.6 Å². The van der Waals surface area contributed by atoms with Crippen molar-refractivity contribution >= 4 is 23.5 Å². The Labute approximate surface area is 139 Å². The van der Waals surface area contributed by atoms with Crippen LogP contribution in [0.3, 0.4) is 0 Å². The molecule has 1 aliphatic rings. The molecule has 0 aliphatic carbocycles. The molecule has 2 rings (SSSR count). The molecule has 0 saturated carbocycles. The van der Waals surface area contributed by atoms with Crippen LogP contribution in [0.4, 0.5) is 0 Å². The summed E-state index contributed by atoms with van der Waals surface area (Å²) in [5.74, 6) is -2.43. The zero-order chi connectivity index (χ0) is 17.1. The minimum atomic E-state index is -1.10. The van der Waals surface area contributed by atoms with Crippen LogP contribution in [0.1, 0.15) is 32.3 Å². The Bertz CT molecular complexity index is 721. The Morgan fingerprint density at radius 1 is 1.22 bits per heavy atom. The van der Waals surface area contributed by atoms with Crippen molar-refractivity contribution in [1.82, 2.24) is 5.32 Å². The van der Waals surface area contributed by atoms with Crippen LogP contribution in [0, 0.1) is 0 Å². The molecular formula is C17H18ClNO4. The number of hydrogen-bond donors (Lipinski definition) is 2. The maximum atomic E-state index is 12.4. The monoisotopic (exact) mass is 335 g/mol. The predicted octanol–water partition coefficient (Wildman–Crippen LogP) is 3.22. The van der Waals surface area contributed by atoms with Crippen molar-refractivity contribution in [3.8, 4) is 0 Å². The number of rotatable bonds is 4. The van der Waals surface area contributed by atoms with E-state index >= 15 is 0 Å². The van der Waals surface area contributed by atoms with E-state index in [-0.39, 0.29) is 17.8 Å². The summed E-state index contributed by atoms with van der Waals surface area (Å²) >= 11 is 6.26. The smallest absolute Gasteiger partial charge is 0.336 e. The minimum absolute atomic E-state index is 0.0896. The molecule has 23 heavy (non-hydrogen) atoms. The van der Waals surface area contributed by atoms with Gasteiger partial charge in [-0.3, -0.25) is 0 Å². The number of halogens is 1. The third kappa shape index (κ3) is 3.24. The number of aliphatic carboxylic acids is 1. The number of carboxylic acid groups (broad SMARTS) is 1. The van der Waals surface area contributed by atoms with E-state index in [2.05, 4.69) is 5.32 Å². The van der Waals surface area contributed by atoms with Crippen LogP contribution in [-0.2, 0) is 14.3 Å². The molecule has 0 spiro atoms. The van der Waals surface area contributed by atoms with E-state index in [9.17, 15) is 14.7 Å². The average Bonchev–Trinajstić information content (AvgIpc) is 2.46. The molecule has 0 aromatic heterocycles. The highest BCUT2D eigenvalue weighted by molar-refractivity contribution is 6.31. The van der Waals surface area contributed by atoms with Crippen molar-refractivity contribution in [3.05, 3.63) is 57.4 Å². The number of allylic oxidation sites excluding steroid dienone is 2. The van der Waals surface area contributed by atoms with Gasteiger partial charge >= 0.3 is 11.9 Å². The summed E-state index contributed by atoms with van der Waals surface area (Å²) < 4.78 is 5.11. The van der Waals surface area contributed by atoms with E-state index in [0.29, 0.717) is 22.0 Å². The molecule has 0 saturated heterocycles. The molecule has 122 valence electrons. The quantitative estimate of drug-likeness (QED) is 0.826. The van der Waals surface area contributed by atoms with Crippen LogP contribution < -0.4 is 5.32 Å². The summed E-state index contributed by atoms with van der Waals surface area (Å²) in [5, 5.41) is 13.0. The van der Waals surface area contributed by atoms with Crippen molar-refractivity contribution in [3.63, 3.8) is 0 Å². The molecule has 1 aromatic rings. The zero-order valence-electron chi connectivity index (χ0n) is 13.1. The van der Waals surface area contributed by atoms with Gasteiger partial charge in [-0.05, 0) is 32.4 Å². The lowest BCUT2D eigenvalue weighted by atomic mass is 9.80. The van der Waals surface area contributed by atoms with Crippen molar-refractivity contribution in [2.24, 2.45) is 0 Å². The van der Waals surface area contributed by atoms with Crippen molar-refractivity contribution < 1.29 is 19.4 Å². The SMILES string of the molecule is CCOC(=O)C1=C(C)NC(C)=C(C(=O)O)C1c1ccccc1Cl. The molecule has 1 unspecified atom stereocenters. The van der Waals surface area contributed by atoms with Crippen molar-refractivity contribution in [2.45, 2.75) is 26.7 Å². The molecule has 1 aromatic carbocycles. The first kappa shape index (κ1) is 17.1. The Kier molecular flexibility index (Phi) is 5.11. The fourth-order valence-electron chi connectivity index (χ4n) is 2.78. The van der Waals surface area contributed by atoms with E-state index in [0.717, 1.165) is 0 Å². The Morgan fingerprint density at radius 2 is 1.83 bits per heavy atom. The first-order valence-corrected chi connectivity index (χ1v) is 7.59. The number of ether oxygens (including phenoxy) is 1. The first-order chi connectivity index (χ1) is 10.9. The van der Waals surface area contributed by atoms with Crippen LogP contribution in [-0.4, -0.2) is 23.7 Å². The third-order valence-electron chi connectivity index (χ3n) is 3.70. The fraction of sp³-hybridized carbons (Fsp3) is 0.294. The van der Waals surface area contributed by atoms with E-state index in [1.54, 1.807) is 45.0 Å². The second kappa shape index (κ2) is 6.87. The van der Waals surface area contributed by atoms with Gasteiger partial charge in [0.25, 0.3) is 0 Å². The molecule has 1 heterocycles. The maximum absolute atomic E-state index is 12.4. The normalized spacial score (nSPS) is 17.8. The molecule has 0 bridgehead atoms. The van der Waals surface area contributed by atoms with Gasteiger partial charge in [-0.2, -0.15) is 0 Å². The van der Waals surface area contributed by atoms with E-state index in [1.165, 1.54) is 0 Å². The van der Waals surface area contributed by atoms with E-state index < -0.39 is 17.9 Å². The number of esters is 1. The Balaban J connectivity index is 2.69. The van der Waals surface area contributed by atoms with Gasteiger partial charge in [-0.25, -0.2) is 9.59 Å². The molecule has 0 radical (unpaired) electrons. The molecule has 0 amide bonds. The number of carbonyl (C=O) groups is 2. The lowest BCUT2D eigenvalue weighted by Gasteiger charge is -2.30. The molecule has 6 heteroatoms. The standard InChI is InChI=1S/C17H18ClNO4/c1-4-23-17(22)14-10(3)19-9(2)13(16(20)21)15(14)11-7-5-6-8-12(11)18/h5-8,15,19H,4H2,1-3H3,(H,20,21). The molecule has 1 atom stereocenters. The van der Waals surface area contributed by atoms with Gasteiger partial charge < -0.3 is 15.2 Å². The molecule has 0 fully saturated rings. The van der Waals surface area contributed by atoms with Crippen LogP contribution in [0.5, 0.6) is 0 Å². The van der Waals surface area contributed by atoms with Crippen LogP contribution in [0.25, 0.3) is 0 Å². The number of dihydropyridines is 1. The highest BCUT2D eigenvalue weighted by atomic mass is 35.5. The van der Waals surface area contributed by atoms with Gasteiger partial charge in [0.05, 0.1) is 23.7 Å². The van der Waals surface area contributed by atoms with Crippen LogP contribution in [0.15, 0.2) is 46.8 Å². The second-order valence-corrected chi connectivity index (χ2v) is 5.59. The van der Waals surface area contributed by atoms with Gasteiger partial charge in [-0.1, -0.05) is 29.8 Å². The summed E-state index contributed by atoms with van der Waals surface area (Å²) in [6, 6.07) is 6.91. The van der Waals surface area contributed by atoms with E-state index in [4.69, 9.17) is 16.3 Å². The van der Waals surface area contributed by atoms with Gasteiger partial charge in [-0.15, -0.1) is 0 Å². The Morgan fingerprint density at radius 3 is 2.39 bits per heavy atom. The van der Waals surface area contributed by atoms with Crippen LogP contribution >= 0.6 is 11.6 Å². The summed E-state index contributed by atoms with van der Waals surface area (Å²) in [6.07, 6.45) is 0. The molecule has 5 nitrogen and oxygen atoms in total. The van der Waals surface area contributed by atoms with Gasteiger partial charge in [0, 0.05) is 16.4 Å². The number of carboxylic acids is 1. The van der Waals surface area contributed by atoms with Crippen molar-refractivity contribution in [1.29, 1.82) is 0 Å². The molecule has 2 N–H and O–H groups in total. The summed E-state index contributed by atoms with van der Waals surface area (Å²) in [6.45, 7) is 5.29. The average molecular weight is 336 g/mol. The minimum Gasteiger partial charge on any atom is -0.478 e. The van der Waals surface area contributed by atoms with Crippen LogP contribution in [0.2, 0.25) is 5.02 Å². The number of nitrogens with one attached hydrogen (secondary N) is 1. The van der Waals surface area contributed by atoms with Gasteiger partial charge in [0.2, 0.25) is 0 Å². The summed E-state index contributed by atoms with van der Waals surface area (Å²) in [7, 11) is 0. The summed E-state index contributed by atoms with van der Waals surface area (Å²) in [4.78, 5) is 24.2. The van der Waals surface area contributed by atoms with Gasteiger partial charge in [0.15, 0.2) is 0 Å². The maximum Gasteiger partial charge on any atom is 0.336 e. The molecular weight excluding hydrogens is 318 g/mol. The highest BCUT2D eigenvalue weighted by Crippen LogP contribution is 2.41. The second-order valence-electron chi connectivity index (χ2n) is 5.18. The number of benzene rings is 1. The van der Waals surface area contributed by atoms with Crippen molar-refractivity contribution in [2.75, 3.05) is 6.61 Å². The fourth-order valence-corrected chi connectivity index (χ4v) is 3.02. The largest absolute Gasteiger partial charge is 0.478 e. The zero-order valence-corrected chi connectivity index (χ0v) is 13.9. The Hall–Kier alpha value is -2.27. The van der Waals surface area contributed by atoms with E-state index in [1.807, 2.05) is 0 Å². The lowest BCUT2D eigenvalue weighted by Crippen LogP contribution is -2.31. The lowest BCUT2D eigenvalue weighted by molar-refractivity contribution is -0.138. The number of hydrogen-bond acceptors (Lipinski definition) is 4. The highest BCUT2D eigenvalue weighted by Gasteiger charge is 2.37.